The molecule has 0 saturated carbocycles. The van der Waals surface area contributed by atoms with E-state index in [1.54, 1.807) is 14.2 Å². The minimum Gasteiger partial charge on any atom is -0.497 e. The van der Waals surface area contributed by atoms with Crippen molar-refractivity contribution in [2.45, 2.75) is 19.0 Å². The van der Waals surface area contributed by atoms with Gasteiger partial charge in [-0.2, -0.15) is 0 Å². The number of fused-ring (bicyclic) bond motifs is 1. The summed E-state index contributed by atoms with van der Waals surface area (Å²) in [5.41, 5.74) is 3.53. The van der Waals surface area contributed by atoms with E-state index in [2.05, 4.69) is 27.3 Å². The zero-order valence-corrected chi connectivity index (χ0v) is 13.3. The number of nitrogens with zero attached hydrogens (tertiary/aromatic N) is 4. The first kappa shape index (κ1) is 15.0. The van der Waals surface area contributed by atoms with Crippen molar-refractivity contribution < 1.29 is 9.47 Å². The van der Waals surface area contributed by atoms with Gasteiger partial charge in [0.05, 0.1) is 19.4 Å². The summed E-state index contributed by atoms with van der Waals surface area (Å²) in [5, 5.41) is 8.47. The topological polar surface area (TPSA) is 52.4 Å². The van der Waals surface area contributed by atoms with E-state index in [1.165, 1.54) is 11.3 Å². The van der Waals surface area contributed by atoms with Crippen molar-refractivity contribution in [3.63, 3.8) is 0 Å². The summed E-state index contributed by atoms with van der Waals surface area (Å²) in [5.74, 6) is 1.20. The highest BCUT2D eigenvalue weighted by atomic mass is 16.5. The molecular formula is C16H22N4O2. The second-order valence-electron chi connectivity index (χ2n) is 5.71. The molecule has 1 aliphatic rings. The first-order chi connectivity index (χ1) is 10.7. The molecule has 6 nitrogen and oxygen atoms in total. The molecule has 0 fully saturated rings. The molecular weight excluding hydrogens is 280 g/mol. The van der Waals surface area contributed by atoms with Crippen LogP contribution in [0.25, 0.3) is 0 Å². The van der Waals surface area contributed by atoms with Crippen molar-refractivity contribution in [2.75, 3.05) is 27.4 Å². The minimum atomic E-state index is 0.312. The number of aromatic nitrogens is 3. The minimum absolute atomic E-state index is 0.312. The molecule has 6 heteroatoms. The normalized spacial score (nSPS) is 18.2. The van der Waals surface area contributed by atoms with Gasteiger partial charge >= 0.3 is 0 Å². The van der Waals surface area contributed by atoms with Crippen LogP contribution in [0, 0.1) is 0 Å². The van der Waals surface area contributed by atoms with E-state index < -0.39 is 0 Å². The summed E-state index contributed by atoms with van der Waals surface area (Å²) in [6.45, 7) is 3.36. The molecule has 0 bridgehead atoms. The second kappa shape index (κ2) is 6.46. The lowest BCUT2D eigenvalue weighted by Gasteiger charge is -2.31. The molecule has 0 spiro atoms. The fourth-order valence-corrected chi connectivity index (χ4v) is 3.14. The largest absolute Gasteiger partial charge is 0.497 e. The van der Waals surface area contributed by atoms with Gasteiger partial charge in [0.25, 0.3) is 0 Å². The summed E-state index contributed by atoms with van der Waals surface area (Å²) in [4.78, 5) is 2.39. The Labute approximate surface area is 130 Å². The Balaban J connectivity index is 1.75. The number of methoxy groups -OCH3 is 2. The fourth-order valence-electron chi connectivity index (χ4n) is 3.14. The van der Waals surface area contributed by atoms with Crippen LogP contribution in [0.2, 0.25) is 0 Å². The van der Waals surface area contributed by atoms with E-state index in [0.29, 0.717) is 12.5 Å². The third kappa shape index (κ3) is 2.98. The summed E-state index contributed by atoms with van der Waals surface area (Å²) >= 11 is 0. The van der Waals surface area contributed by atoms with Crippen LogP contribution in [-0.2, 0) is 24.9 Å². The van der Waals surface area contributed by atoms with Crippen molar-refractivity contribution in [3.05, 3.63) is 41.2 Å². The maximum atomic E-state index is 5.38. The van der Waals surface area contributed by atoms with E-state index in [1.807, 2.05) is 23.9 Å². The number of aryl methyl sites for hydroxylation is 1. The molecule has 1 aromatic carbocycles. The molecule has 3 rings (SSSR count). The van der Waals surface area contributed by atoms with E-state index in [4.69, 9.17) is 9.47 Å². The highest BCUT2D eigenvalue weighted by Crippen LogP contribution is 2.27. The summed E-state index contributed by atoms with van der Waals surface area (Å²) in [7, 11) is 5.38. The zero-order valence-electron chi connectivity index (χ0n) is 13.3. The molecule has 1 aromatic heterocycles. The van der Waals surface area contributed by atoms with Crippen LogP contribution in [0.5, 0.6) is 5.75 Å². The third-order valence-electron chi connectivity index (χ3n) is 4.12. The van der Waals surface area contributed by atoms with Crippen LogP contribution in [-0.4, -0.2) is 47.3 Å². The molecule has 2 aromatic rings. The second-order valence-corrected chi connectivity index (χ2v) is 5.71. The number of hydrogen-bond donors (Lipinski definition) is 0. The van der Waals surface area contributed by atoms with Gasteiger partial charge in [0.15, 0.2) is 0 Å². The molecule has 1 unspecified atom stereocenters. The van der Waals surface area contributed by atoms with E-state index in [0.717, 1.165) is 31.1 Å². The van der Waals surface area contributed by atoms with E-state index >= 15 is 0 Å². The first-order valence-electron chi connectivity index (χ1n) is 7.44. The summed E-state index contributed by atoms with van der Waals surface area (Å²) < 4.78 is 12.5. The van der Waals surface area contributed by atoms with Crippen molar-refractivity contribution >= 4 is 0 Å². The van der Waals surface area contributed by atoms with Gasteiger partial charge in [0.2, 0.25) is 0 Å². The number of benzene rings is 1. The third-order valence-corrected chi connectivity index (χ3v) is 4.12. The maximum Gasteiger partial charge on any atom is 0.118 e. The lowest BCUT2D eigenvalue weighted by atomic mass is 9.98. The van der Waals surface area contributed by atoms with Gasteiger partial charge in [-0.3, -0.25) is 9.58 Å². The van der Waals surface area contributed by atoms with Crippen LogP contribution in [0.1, 0.15) is 22.9 Å². The molecule has 22 heavy (non-hydrogen) atoms. The van der Waals surface area contributed by atoms with Gasteiger partial charge in [-0.1, -0.05) is 17.3 Å². The Morgan fingerprint density at radius 2 is 2.00 bits per heavy atom. The van der Waals surface area contributed by atoms with Crippen LogP contribution in [0.3, 0.4) is 0 Å². The average molecular weight is 302 g/mol. The molecule has 118 valence electrons. The molecule has 1 atom stereocenters. The molecule has 0 N–H and O–H groups in total. The van der Waals surface area contributed by atoms with Gasteiger partial charge in [0.1, 0.15) is 11.4 Å². The predicted octanol–water partition coefficient (Wildman–Crippen LogP) is 1.57. The molecule has 0 amide bonds. The van der Waals surface area contributed by atoms with Gasteiger partial charge in [0, 0.05) is 39.7 Å². The predicted molar refractivity (Wildman–Crippen MR) is 82.7 cm³/mol. The highest BCUT2D eigenvalue weighted by molar-refractivity contribution is 5.27. The number of hydrogen-bond acceptors (Lipinski definition) is 5. The van der Waals surface area contributed by atoms with Crippen LogP contribution < -0.4 is 4.74 Å². The molecule has 1 aliphatic heterocycles. The number of rotatable bonds is 5. The van der Waals surface area contributed by atoms with Gasteiger partial charge in [-0.15, -0.1) is 5.10 Å². The monoisotopic (exact) mass is 302 g/mol. The first-order valence-corrected chi connectivity index (χ1v) is 7.44. The quantitative estimate of drug-likeness (QED) is 0.839. The van der Waals surface area contributed by atoms with Gasteiger partial charge in [-0.05, 0) is 17.7 Å². The van der Waals surface area contributed by atoms with E-state index in [-0.39, 0.29) is 0 Å². The zero-order chi connectivity index (χ0) is 15.5. The molecule has 2 heterocycles. The van der Waals surface area contributed by atoms with Crippen LogP contribution in [0.4, 0.5) is 0 Å². The molecule has 0 saturated heterocycles. The standard InChI is InChI=1S/C16H22N4O2/c1-19-16-13(11-21-2)9-20(10-15(16)17-18-19)8-12-4-6-14(22-3)7-5-12/h4-7,13H,8-11H2,1-3H3. The molecule has 0 radical (unpaired) electrons. The Bertz CT molecular complexity index is 624. The van der Waals surface area contributed by atoms with Crippen molar-refractivity contribution in [3.8, 4) is 5.75 Å². The van der Waals surface area contributed by atoms with Crippen molar-refractivity contribution in [2.24, 2.45) is 7.05 Å². The van der Waals surface area contributed by atoms with Crippen LogP contribution >= 0.6 is 0 Å². The molecule has 0 aliphatic carbocycles. The van der Waals surface area contributed by atoms with Gasteiger partial charge in [-0.25, -0.2) is 0 Å². The van der Waals surface area contributed by atoms with Crippen molar-refractivity contribution in [1.29, 1.82) is 0 Å². The van der Waals surface area contributed by atoms with Crippen LogP contribution in [0.15, 0.2) is 24.3 Å². The Kier molecular flexibility index (Phi) is 4.40. The Hall–Kier alpha value is -1.92. The number of ether oxygens (including phenoxy) is 2. The SMILES string of the molecule is COCC1CN(Cc2ccc(OC)cc2)Cc2nnn(C)c21. The lowest BCUT2D eigenvalue weighted by Crippen LogP contribution is -2.35. The van der Waals surface area contributed by atoms with Crippen molar-refractivity contribution in [1.82, 2.24) is 19.9 Å². The summed E-state index contributed by atoms with van der Waals surface area (Å²) in [6, 6.07) is 8.21. The fraction of sp³-hybridized carbons (Fsp3) is 0.500. The van der Waals surface area contributed by atoms with E-state index in [9.17, 15) is 0 Å². The Morgan fingerprint density at radius 3 is 2.68 bits per heavy atom. The average Bonchev–Trinajstić information content (AvgIpc) is 2.90. The smallest absolute Gasteiger partial charge is 0.118 e. The lowest BCUT2D eigenvalue weighted by molar-refractivity contribution is 0.132. The summed E-state index contributed by atoms with van der Waals surface area (Å²) in [6.07, 6.45) is 0. The Morgan fingerprint density at radius 1 is 1.23 bits per heavy atom. The highest BCUT2D eigenvalue weighted by Gasteiger charge is 2.29. The maximum absolute atomic E-state index is 5.38. The van der Waals surface area contributed by atoms with Gasteiger partial charge < -0.3 is 9.47 Å².